The molecule has 0 aliphatic rings. The molecule has 0 aromatic rings. The molecule has 6 nitrogen and oxygen atoms in total. The van der Waals surface area contributed by atoms with Crippen molar-refractivity contribution in [2.75, 3.05) is 13.2 Å². The van der Waals surface area contributed by atoms with Crippen LogP contribution in [0.1, 0.15) is 265 Å². The maximum Gasteiger partial charge on any atom is 0.306 e. The fourth-order valence-electron chi connectivity index (χ4n) is 7.07. The number of carbonyl (C=O) groups excluding carboxylic acids is 3. The SMILES string of the molecule is CCCC/C=C\CCCCCCCC(=O)OC[C@H](COC(=O)CCCCCCCCCCCCCCCCC)OC(=O)CCCCCCCCCCCCC. The summed E-state index contributed by atoms with van der Waals surface area (Å²) in [6, 6.07) is 0. The lowest BCUT2D eigenvalue weighted by atomic mass is 10.0. The van der Waals surface area contributed by atoms with Gasteiger partial charge in [0.1, 0.15) is 13.2 Å². The van der Waals surface area contributed by atoms with Gasteiger partial charge in [-0.25, -0.2) is 0 Å². The van der Waals surface area contributed by atoms with Gasteiger partial charge in [0.05, 0.1) is 0 Å². The molecule has 6 heteroatoms. The average molecular weight is 777 g/mol. The van der Waals surface area contributed by atoms with Crippen molar-refractivity contribution in [1.29, 1.82) is 0 Å². The second-order valence-corrected chi connectivity index (χ2v) is 16.4. The van der Waals surface area contributed by atoms with Crippen LogP contribution in [0.5, 0.6) is 0 Å². The monoisotopic (exact) mass is 777 g/mol. The molecule has 0 rings (SSSR count). The Balaban J connectivity index is 4.31. The lowest BCUT2D eigenvalue weighted by molar-refractivity contribution is -0.167. The van der Waals surface area contributed by atoms with Gasteiger partial charge in [-0.05, 0) is 38.5 Å². The molecule has 0 amide bonds. The van der Waals surface area contributed by atoms with Gasteiger partial charge in [0.25, 0.3) is 0 Å². The Bertz CT molecular complexity index is 854. The van der Waals surface area contributed by atoms with Crippen LogP contribution in [0, 0.1) is 0 Å². The van der Waals surface area contributed by atoms with E-state index in [4.69, 9.17) is 14.2 Å². The van der Waals surface area contributed by atoms with Crippen LogP contribution in [0.15, 0.2) is 12.2 Å². The normalized spacial score (nSPS) is 12.0. The standard InChI is InChI=1S/C49H92O6/c1-4-7-10-13-16-19-22-23-24-25-28-30-33-36-39-42-48(51)54-45-46(55-49(52)43-40-37-34-31-27-21-18-15-12-9-6-3)44-53-47(50)41-38-35-32-29-26-20-17-14-11-8-5-2/h14,17,46H,4-13,15-16,18-45H2,1-3H3/b17-14-/t46-/m1/s1. The Morgan fingerprint density at radius 2 is 0.618 bits per heavy atom. The molecule has 324 valence electrons. The number of allylic oxidation sites excluding steroid dienone is 2. The molecule has 0 unspecified atom stereocenters. The van der Waals surface area contributed by atoms with E-state index in [-0.39, 0.29) is 31.1 Å². The van der Waals surface area contributed by atoms with Gasteiger partial charge in [0.2, 0.25) is 0 Å². The van der Waals surface area contributed by atoms with Crippen LogP contribution in [-0.2, 0) is 28.6 Å². The van der Waals surface area contributed by atoms with E-state index in [1.807, 2.05) is 0 Å². The van der Waals surface area contributed by atoms with E-state index in [2.05, 4.69) is 32.9 Å². The molecular formula is C49H92O6. The Kier molecular flexibility index (Phi) is 43.4. The zero-order chi connectivity index (χ0) is 40.1. The topological polar surface area (TPSA) is 78.9 Å². The maximum absolute atomic E-state index is 12.7. The van der Waals surface area contributed by atoms with Crippen LogP contribution in [-0.4, -0.2) is 37.2 Å². The van der Waals surface area contributed by atoms with Gasteiger partial charge in [-0.1, -0.05) is 219 Å². The molecule has 0 N–H and O–H groups in total. The summed E-state index contributed by atoms with van der Waals surface area (Å²) in [5.41, 5.74) is 0. The third-order valence-electron chi connectivity index (χ3n) is 10.8. The van der Waals surface area contributed by atoms with Crippen LogP contribution >= 0.6 is 0 Å². The minimum Gasteiger partial charge on any atom is -0.462 e. The lowest BCUT2D eigenvalue weighted by Crippen LogP contribution is -2.30. The van der Waals surface area contributed by atoms with Crippen molar-refractivity contribution in [3.8, 4) is 0 Å². The van der Waals surface area contributed by atoms with E-state index < -0.39 is 6.10 Å². The van der Waals surface area contributed by atoms with Gasteiger partial charge >= 0.3 is 17.9 Å². The highest BCUT2D eigenvalue weighted by molar-refractivity contribution is 5.71. The molecule has 0 saturated heterocycles. The van der Waals surface area contributed by atoms with E-state index in [0.717, 1.165) is 64.2 Å². The van der Waals surface area contributed by atoms with E-state index in [0.29, 0.717) is 19.3 Å². The molecule has 0 bridgehead atoms. The Hall–Kier alpha value is -1.85. The molecule has 0 saturated carbocycles. The number of rotatable bonds is 44. The molecule has 0 aromatic heterocycles. The molecular weight excluding hydrogens is 685 g/mol. The van der Waals surface area contributed by atoms with Crippen LogP contribution in [0.25, 0.3) is 0 Å². The molecule has 55 heavy (non-hydrogen) atoms. The first kappa shape index (κ1) is 53.1. The Labute approximate surface area is 341 Å². The van der Waals surface area contributed by atoms with Crippen molar-refractivity contribution in [2.45, 2.75) is 271 Å². The summed E-state index contributed by atoms with van der Waals surface area (Å²) in [7, 11) is 0. The summed E-state index contributed by atoms with van der Waals surface area (Å²) >= 11 is 0. The summed E-state index contributed by atoms with van der Waals surface area (Å²) in [6.07, 6.45) is 47.6. The van der Waals surface area contributed by atoms with Gasteiger partial charge in [0, 0.05) is 19.3 Å². The zero-order valence-corrected chi connectivity index (χ0v) is 37.0. The number of hydrogen-bond acceptors (Lipinski definition) is 6. The fraction of sp³-hybridized carbons (Fsp3) is 0.898. The molecule has 0 fully saturated rings. The largest absolute Gasteiger partial charge is 0.462 e. The maximum atomic E-state index is 12.7. The number of esters is 3. The summed E-state index contributed by atoms with van der Waals surface area (Å²) < 4.78 is 16.7. The summed E-state index contributed by atoms with van der Waals surface area (Å²) in [6.45, 7) is 6.61. The van der Waals surface area contributed by atoms with Crippen LogP contribution in [0.3, 0.4) is 0 Å². The van der Waals surface area contributed by atoms with E-state index in [9.17, 15) is 14.4 Å². The van der Waals surface area contributed by atoms with Crippen LogP contribution in [0.2, 0.25) is 0 Å². The number of hydrogen-bond donors (Lipinski definition) is 0. The van der Waals surface area contributed by atoms with Gasteiger partial charge in [-0.3, -0.25) is 14.4 Å². The Morgan fingerprint density at radius 3 is 0.964 bits per heavy atom. The van der Waals surface area contributed by atoms with Crippen molar-refractivity contribution in [3.63, 3.8) is 0 Å². The van der Waals surface area contributed by atoms with E-state index in [1.165, 1.54) is 161 Å². The fourth-order valence-corrected chi connectivity index (χ4v) is 7.07. The average Bonchev–Trinajstić information content (AvgIpc) is 3.18. The smallest absolute Gasteiger partial charge is 0.306 e. The quantitative estimate of drug-likeness (QED) is 0.0265. The molecule has 1 atom stereocenters. The van der Waals surface area contributed by atoms with E-state index >= 15 is 0 Å². The van der Waals surface area contributed by atoms with Crippen molar-refractivity contribution >= 4 is 17.9 Å². The number of carbonyl (C=O) groups is 3. The Morgan fingerprint density at radius 1 is 0.345 bits per heavy atom. The van der Waals surface area contributed by atoms with Gasteiger partial charge in [0.15, 0.2) is 6.10 Å². The summed E-state index contributed by atoms with van der Waals surface area (Å²) in [5, 5.41) is 0. The van der Waals surface area contributed by atoms with Crippen molar-refractivity contribution in [3.05, 3.63) is 12.2 Å². The first-order valence-electron chi connectivity index (χ1n) is 24.2. The molecule has 0 aliphatic heterocycles. The van der Waals surface area contributed by atoms with Crippen LogP contribution < -0.4 is 0 Å². The van der Waals surface area contributed by atoms with Crippen LogP contribution in [0.4, 0.5) is 0 Å². The number of ether oxygens (including phenoxy) is 3. The first-order valence-corrected chi connectivity index (χ1v) is 24.2. The zero-order valence-electron chi connectivity index (χ0n) is 37.0. The minimum atomic E-state index is -0.764. The molecule has 0 aromatic carbocycles. The third-order valence-corrected chi connectivity index (χ3v) is 10.8. The summed E-state index contributed by atoms with van der Waals surface area (Å²) in [4.78, 5) is 37.8. The predicted molar refractivity (Wildman–Crippen MR) is 233 cm³/mol. The molecule has 0 aliphatic carbocycles. The second-order valence-electron chi connectivity index (χ2n) is 16.4. The third kappa shape index (κ3) is 43.1. The van der Waals surface area contributed by atoms with Gasteiger partial charge < -0.3 is 14.2 Å². The number of unbranched alkanes of at least 4 members (excludes halogenated alkanes) is 31. The van der Waals surface area contributed by atoms with Crippen molar-refractivity contribution in [1.82, 2.24) is 0 Å². The molecule has 0 radical (unpaired) electrons. The second kappa shape index (κ2) is 44.9. The van der Waals surface area contributed by atoms with Gasteiger partial charge in [-0.2, -0.15) is 0 Å². The van der Waals surface area contributed by atoms with E-state index in [1.54, 1.807) is 0 Å². The molecule has 0 heterocycles. The molecule has 0 spiro atoms. The first-order chi connectivity index (χ1) is 27.0. The van der Waals surface area contributed by atoms with Crippen molar-refractivity contribution in [2.24, 2.45) is 0 Å². The lowest BCUT2D eigenvalue weighted by Gasteiger charge is -2.18. The highest BCUT2D eigenvalue weighted by Gasteiger charge is 2.19. The summed E-state index contributed by atoms with van der Waals surface area (Å²) in [5.74, 6) is -0.867. The van der Waals surface area contributed by atoms with Crippen molar-refractivity contribution < 1.29 is 28.6 Å². The minimum absolute atomic E-state index is 0.0677. The predicted octanol–water partition coefficient (Wildman–Crippen LogP) is 15.4. The highest BCUT2D eigenvalue weighted by atomic mass is 16.6. The highest BCUT2D eigenvalue weighted by Crippen LogP contribution is 2.16. The van der Waals surface area contributed by atoms with Gasteiger partial charge in [-0.15, -0.1) is 0 Å².